The Hall–Kier alpha value is -1.37. The molecule has 1 aromatic rings. The molecule has 0 saturated carbocycles. The molecule has 114 valence electrons. The van der Waals surface area contributed by atoms with Gasteiger partial charge in [-0.05, 0) is 37.1 Å². The van der Waals surface area contributed by atoms with Crippen molar-refractivity contribution in [3.8, 4) is 0 Å². The topological polar surface area (TPSA) is 66.5 Å². The molecule has 0 bridgehead atoms. The van der Waals surface area contributed by atoms with Crippen LogP contribution in [0.3, 0.4) is 0 Å². The van der Waals surface area contributed by atoms with Crippen LogP contribution < -0.4 is 5.32 Å². The number of halogens is 1. The van der Waals surface area contributed by atoms with E-state index < -0.39 is 16.1 Å². The van der Waals surface area contributed by atoms with E-state index in [1.54, 1.807) is 6.08 Å². The number of hydrogen-bond acceptors (Lipinski definition) is 3. The first-order valence-electron chi connectivity index (χ1n) is 6.63. The van der Waals surface area contributed by atoms with Crippen molar-refractivity contribution in [1.29, 1.82) is 0 Å². The van der Waals surface area contributed by atoms with Crippen molar-refractivity contribution in [1.82, 2.24) is 9.62 Å². The van der Waals surface area contributed by atoms with E-state index in [0.717, 1.165) is 0 Å². The third-order valence-corrected chi connectivity index (χ3v) is 5.52. The fourth-order valence-electron chi connectivity index (χ4n) is 2.32. The standard InChI is InChI=1S/C14H17ClN2O3S/c1-2-9-16-14(18)13-4-3-10-17(13)21(19,20)12-7-5-11(15)6-8-12/h2,5-8,13H,1,3-4,9-10H2,(H,16,18)/t13-/m1/s1. The van der Waals surface area contributed by atoms with Crippen LogP contribution in [0.5, 0.6) is 0 Å². The maximum absolute atomic E-state index is 12.6. The fourth-order valence-corrected chi connectivity index (χ4v) is 4.10. The Balaban J connectivity index is 2.24. The first-order chi connectivity index (χ1) is 9.96. The number of benzene rings is 1. The van der Waals surface area contributed by atoms with E-state index in [-0.39, 0.29) is 10.8 Å². The molecule has 7 heteroatoms. The summed E-state index contributed by atoms with van der Waals surface area (Å²) < 4.78 is 26.5. The summed E-state index contributed by atoms with van der Waals surface area (Å²) in [7, 11) is -3.69. The van der Waals surface area contributed by atoms with Crippen LogP contribution in [-0.2, 0) is 14.8 Å². The van der Waals surface area contributed by atoms with Crippen LogP contribution >= 0.6 is 11.6 Å². The van der Waals surface area contributed by atoms with Gasteiger partial charge in [-0.3, -0.25) is 4.79 Å². The second kappa shape index (κ2) is 6.60. The molecule has 0 aliphatic carbocycles. The number of carbonyl (C=O) groups is 1. The van der Waals surface area contributed by atoms with Gasteiger partial charge in [-0.25, -0.2) is 8.42 Å². The molecule has 1 fully saturated rings. The molecule has 1 aromatic carbocycles. The number of nitrogens with one attached hydrogen (secondary N) is 1. The molecule has 0 spiro atoms. The Bertz CT molecular complexity index is 628. The van der Waals surface area contributed by atoms with Crippen molar-refractivity contribution in [2.75, 3.05) is 13.1 Å². The summed E-state index contributed by atoms with van der Waals surface area (Å²) in [5.74, 6) is -0.287. The van der Waals surface area contributed by atoms with Crippen molar-refractivity contribution in [2.45, 2.75) is 23.8 Å². The summed E-state index contributed by atoms with van der Waals surface area (Å²) in [6.45, 7) is 4.19. The zero-order valence-electron chi connectivity index (χ0n) is 11.5. The first-order valence-corrected chi connectivity index (χ1v) is 8.44. The van der Waals surface area contributed by atoms with Crippen molar-refractivity contribution in [3.63, 3.8) is 0 Å². The number of rotatable bonds is 5. The first kappa shape index (κ1) is 16.0. The van der Waals surface area contributed by atoms with Gasteiger partial charge < -0.3 is 5.32 Å². The van der Waals surface area contributed by atoms with Crippen molar-refractivity contribution >= 4 is 27.5 Å². The van der Waals surface area contributed by atoms with E-state index in [4.69, 9.17) is 11.6 Å². The van der Waals surface area contributed by atoms with Crippen molar-refractivity contribution in [3.05, 3.63) is 41.9 Å². The van der Waals surface area contributed by atoms with Crippen LogP contribution in [0, 0.1) is 0 Å². The molecular weight excluding hydrogens is 312 g/mol. The van der Waals surface area contributed by atoms with Gasteiger partial charge in [0, 0.05) is 18.1 Å². The van der Waals surface area contributed by atoms with Gasteiger partial charge in [-0.15, -0.1) is 6.58 Å². The molecule has 1 saturated heterocycles. The molecule has 0 unspecified atom stereocenters. The van der Waals surface area contributed by atoms with Crippen LogP contribution in [0.25, 0.3) is 0 Å². The van der Waals surface area contributed by atoms with Gasteiger partial charge in [0.15, 0.2) is 0 Å². The Morgan fingerprint density at radius 1 is 1.43 bits per heavy atom. The molecule has 1 atom stereocenters. The second-order valence-corrected chi connectivity index (χ2v) is 7.09. The molecular formula is C14H17ClN2O3S. The third kappa shape index (κ3) is 3.45. The minimum absolute atomic E-state index is 0.148. The fraction of sp³-hybridized carbons (Fsp3) is 0.357. The molecule has 2 rings (SSSR count). The molecule has 21 heavy (non-hydrogen) atoms. The summed E-state index contributed by atoms with van der Waals surface area (Å²) in [6, 6.07) is 5.29. The van der Waals surface area contributed by atoms with E-state index in [2.05, 4.69) is 11.9 Å². The SMILES string of the molecule is C=CCNC(=O)[C@H]1CCCN1S(=O)(=O)c1ccc(Cl)cc1. The molecule has 1 N–H and O–H groups in total. The maximum Gasteiger partial charge on any atom is 0.243 e. The third-order valence-electron chi connectivity index (χ3n) is 3.35. The lowest BCUT2D eigenvalue weighted by Gasteiger charge is -2.23. The van der Waals surface area contributed by atoms with Crippen LogP contribution in [0.2, 0.25) is 5.02 Å². The van der Waals surface area contributed by atoms with Crippen molar-refractivity contribution in [2.24, 2.45) is 0 Å². The minimum atomic E-state index is -3.69. The van der Waals surface area contributed by atoms with E-state index >= 15 is 0 Å². The van der Waals surface area contributed by atoms with E-state index in [1.165, 1.54) is 28.6 Å². The largest absolute Gasteiger partial charge is 0.351 e. The molecule has 1 aliphatic heterocycles. The highest BCUT2D eigenvalue weighted by Crippen LogP contribution is 2.26. The second-order valence-electron chi connectivity index (χ2n) is 4.76. The Morgan fingerprint density at radius 2 is 2.10 bits per heavy atom. The van der Waals surface area contributed by atoms with Crippen molar-refractivity contribution < 1.29 is 13.2 Å². The average Bonchev–Trinajstić information content (AvgIpc) is 2.95. The highest BCUT2D eigenvalue weighted by molar-refractivity contribution is 7.89. The quantitative estimate of drug-likeness (QED) is 0.838. The van der Waals surface area contributed by atoms with Crippen LogP contribution in [-0.4, -0.2) is 37.8 Å². The molecule has 5 nitrogen and oxygen atoms in total. The number of carbonyl (C=O) groups excluding carboxylic acids is 1. The predicted octanol–water partition coefficient (Wildman–Crippen LogP) is 1.80. The zero-order valence-corrected chi connectivity index (χ0v) is 13.0. The van der Waals surface area contributed by atoms with E-state index in [0.29, 0.717) is 31.0 Å². The van der Waals surface area contributed by atoms with Gasteiger partial charge in [-0.2, -0.15) is 4.31 Å². The summed E-state index contributed by atoms with van der Waals surface area (Å²) in [5.41, 5.74) is 0. The molecule has 1 amide bonds. The van der Waals surface area contributed by atoms with E-state index in [9.17, 15) is 13.2 Å². The summed E-state index contributed by atoms with van der Waals surface area (Å²) in [5, 5.41) is 3.12. The Kier molecular flexibility index (Phi) is 5.03. The number of hydrogen-bond donors (Lipinski definition) is 1. The Labute approximate surface area is 129 Å². The van der Waals surface area contributed by atoms with Gasteiger partial charge in [0.1, 0.15) is 6.04 Å². The summed E-state index contributed by atoms with van der Waals surface area (Å²) in [4.78, 5) is 12.2. The zero-order chi connectivity index (χ0) is 15.5. The normalized spacial score (nSPS) is 19.4. The van der Waals surface area contributed by atoms with Gasteiger partial charge >= 0.3 is 0 Å². The highest BCUT2D eigenvalue weighted by atomic mass is 35.5. The monoisotopic (exact) mass is 328 g/mol. The highest BCUT2D eigenvalue weighted by Gasteiger charge is 2.39. The van der Waals surface area contributed by atoms with Crippen LogP contribution in [0.4, 0.5) is 0 Å². The molecule has 1 heterocycles. The maximum atomic E-state index is 12.6. The summed E-state index contributed by atoms with van der Waals surface area (Å²) in [6.07, 6.45) is 2.75. The smallest absolute Gasteiger partial charge is 0.243 e. The van der Waals surface area contributed by atoms with Crippen LogP contribution in [0.1, 0.15) is 12.8 Å². The van der Waals surface area contributed by atoms with Gasteiger partial charge in [0.05, 0.1) is 4.90 Å². The summed E-state index contributed by atoms with van der Waals surface area (Å²) >= 11 is 5.78. The van der Waals surface area contributed by atoms with Gasteiger partial charge in [-0.1, -0.05) is 17.7 Å². The lowest BCUT2D eigenvalue weighted by molar-refractivity contribution is -0.123. The number of nitrogens with zero attached hydrogens (tertiary/aromatic N) is 1. The van der Waals surface area contributed by atoms with E-state index in [1.807, 2.05) is 0 Å². The predicted molar refractivity (Wildman–Crippen MR) is 81.6 cm³/mol. The average molecular weight is 329 g/mol. The molecule has 1 aliphatic rings. The lowest BCUT2D eigenvalue weighted by Crippen LogP contribution is -2.45. The molecule has 0 aromatic heterocycles. The van der Waals surface area contributed by atoms with Gasteiger partial charge in [0.2, 0.25) is 15.9 Å². The number of amides is 1. The minimum Gasteiger partial charge on any atom is -0.351 e. The lowest BCUT2D eigenvalue weighted by atomic mass is 10.2. The van der Waals surface area contributed by atoms with Gasteiger partial charge in [0.25, 0.3) is 0 Å². The number of sulfonamides is 1. The Morgan fingerprint density at radius 3 is 2.71 bits per heavy atom. The van der Waals surface area contributed by atoms with Crippen LogP contribution in [0.15, 0.2) is 41.8 Å². The molecule has 0 radical (unpaired) electrons.